The highest BCUT2D eigenvalue weighted by Crippen LogP contribution is 2.39. The van der Waals surface area contributed by atoms with Crippen LogP contribution in [0.4, 0.5) is 0 Å². The summed E-state index contributed by atoms with van der Waals surface area (Å²) in [5, 5.41) is 9.85. The van der Waals surface area contributed by atoms with Crippen molar-refractivity contribution in [2.75, 3.05) is 0 Å². The number of hydrogen-bond donors (Lipinski definition) is 0. The zero-order chi connectivity index (χ0) is 36.3. The Kier molecular flexibility index (Phi) is 7.14. The average molecular weight is 702 g/mol. The molecule has 0 aliphatic heterocycles. The van der Waals surface area contributed by atoms with Crippen LogP contribution < -0.4 is 0 Å². The van der Waals surface area contributed by atoms with E-state index in [0.717, 1.165) is 55.3 Å². The molecule has 0 aliphatic carbocycles. The highest BCUT2D eigenvalue weighted by atomic mass is 16.3. The molecule has 0 aliphatic rings. The molecule has 11 rings (SSSR count). The number of fused-ring (bicyclic) bond motifs is 9. The first-order chi connectivity index (χ1) is 27.2. The van der Waals surface area contributed by atoms with Crippen LogP contribution in [0.3, 0.4) is 0 Å². The summed E-state index contributed by atoms with van der Waals surface area (Å²) < 4.78 is 6.49. The van der Waals surface area contributed by atoms with Gasteiger partial charge in [-0.25, -0.2) is 15.0 Å². The van der Waals surface area contributed by atoms with Crippen molar-refractivity contribution >= 4 is 54.3 Å². The average Bonchev–Trinajstić information content (AvgIpc) is 3.64. The van der Waals surface area contributed by atoms with Crippen LogP contribution in [0.25, 0.3) is 111 Å². The van der Waals surface area contributed by atoms with Gasteiger partial charge in [-0.2, -0.15) is 0 Å². The summed E-state index contributed by atoms with van der Waals surface area (Å²) in [7, 11) is 0. The van der Waals surface area contributed by atoms with Crippen LogP contribution >= 0.6 is 0 Å². The number of furan rings is 1. The molecule has 256 valence electrons. The molecule has 0 spiro atoms. The minimum atomic E-state index is 0.627. The maximum Gasteiger partial charge on any atom is 0.164 e. The van der Waals surface area contributed by atoms with E-state index >= 15 is 0 Å². The molecule has 0 N–H and O–H groups in total. The number of rotatable bonds is 5. The molecule has 0 bridgehead atoms. The standard InChI is InChI=1S/C51H31N3O/c1-3-12-32(13-4-1)49-52-50(33-14-5-2-6-15-33)54-51(53-49)38-17-11-16-34(28-38)37-23-26-44-46-30-36(24-27-47(46)55-48(44)31-37)35-22-25-43-41-20-8-7-18-39(41)40-19-9-10-21-42(40)45(43)29-35/h1-31H. The Morgan fingerprint density at radius 3 is 1.27 bits per heavy atom. The van der Waals surface area contributed by atoms with Gasteiger partial charge >= 0.3 is 0 Å². The van der Waals surface area contributed by atoms with Crippen LogP contribution in [-0.4, -0.2) is 15.0 Å². The van der Waals surface area contributed by atoms with Crippen LogP contribution in [0.1, 0.15) is 0 Å². The third-order valence-electron chi connectivity index (χ3n) is 10.7. The molecule has 0 amide bonds. The molecule has 0 unspecified atom stereocenters. The van der Waals surface area contributed by atoms with Crippen LogP contribution in [-0.2, 0) is 0 Å². The smallest absolute Gasteiger partial charge is 0.164 e. The Hall–Kier alpha value is -7.43. The molecule has 0 saturated heterocycles. The number of benzene rings is 9. The van der Waals surface area contributed by atoms with E-state index in [-0.39, 0.29) is 0 Å². The van der Waals surface area contributed by atoms with Gasteiger partial charge in [-0.3, -0.25) is 0 Å². The van der Waals surface area contributed by atoms with Crippen LogP contribution in [0.2, 0.25) is 0 Å². The van der Waals surface area contributed by atoms with Crippen LogP contribution in [0, 0.1) is 0 Å². The second kappa shape index (κ2) is 12.6. The molecule has 9 aromatic carbocycles. The van der Waals surface area contributed by atoms with Crippen molar-refractivity contribution in [3.63, 3.8) is 0 Å². The molecule has 2 aromatic heterocycles. The van der Waals surface area contributed by atoms with Gasteiger partial charge in [-0.15, -0.1) is 0 Å². The summed E-state index contributed by atoms with van der Waals surface area (Å²) in [5.74, 6) is 1.91. The van der Waals surface area contributed by atoms with E-state index in [4.69, 9.17) is 19.4 Å². The van der Waals surface area contributed by atoms with E-state index in [0.29, 0.717) is 17.5 Å². The summed E-state index contributed by atoms with van der Waals surface area (Å²) in [6.07, 6.45) is 0. The van der Waals surface area contributed by atoms with Crippen molar-refractivity contribution in [2.45, 2.75) is 0 Å². The Morgan fingerprint density at radius 1 is 0.236 bits per heavy atom. The lowest BCUT2D eigenvalue weighted by Crippen LogP contribution is -2.00. The van der Waals surface area contributed by atoms with Gasteiger partial charge in [0, 0.05) is 27.5 Å². The fourth-order valence-corrected chi connectivity index (χ4v) is 8.00. The van der Waals surface area contributed by atoms with Crippen LogP contribution in [0.5, 0.6) is 0 Å². The van der Waals surface area contributed by atoms with Crippen molar-refractivity contribution in [3.8, 4) is 56.4 Å². The molecular formula is C51H31N3O. The molecule has 11 aromatic rings. The maximum atomic E-state index is 6.49. The van der Waals surface area contributed by atoms with Gasteiger partial charge in [0.2, 0.25) is 0 Å². The van der Waals surface area contributed by atoms with E-state index < -0.39 is 0 Å². The Labute approximate surface area is 317 Å². The second-order valence-corrected chi connectivity index (χ2v) is 14.0. The summed E-state index contributed by atoms with van der Waals surface area (Å²) in [4.78, 5) is 14.8. The topological polar surface area (TPSA) is 51.8 Å². The highest BCUT2D eigenvalue weighted by Gasteiger charge is 2.15. The number of hydrogen-bond acceptors (Lipinski definition) is 4. The molecular weight excluding hydrogens is 671 g/mol. The van der Waals surface area contributed by atoms with Crippen molar-refractivity contribution in [3.05, 3.63) is 188 Å². The zero-order valence-electron chi connectivity index (χ0n) is 29.6. The first kappa shape index (κ1) is 31.1. The van der Waals surface area contributed by atoms with E-state index in [9.17, 15) is 0 Å². The SMILES string of the molecule is c1ccc(-c2nc(-c3ccccc3)nc(-c3cccc(-c4ccc5c(c4)oc4ccc(-c6ccc7c8ccccc8c8ccccc8c7c6)cc45)c3)n2)cc1. The van der Waals surface area contributed by atoms with Gasteiger partial charge in [0.1, 0.15) is 11.2 Å². The summed E-state index contributed by atoms with van der Waals surface area (Å²) in [5.41, 5.74) is 8.98. The first-order valence-electron chi connectivity index (χ1n) is 18.5. The van der Waals surface area contributed by atoms with Crippen molar-refractivity contribution in [1.29, 1.82) is 0 Å². The van der Waals surface area contributed by atoms with Crippen LogP contribution in [0.15, 0.2) is 192 Å². The molecule has 0 atom stereocenters. The molecule has 55 heavy (non-hydrogen) atoms. The Bertz CT molecular complexity index is 3170. The summed E-state index contributed by atoms with van der Waals surface area (Å²) in [6, 6.07) is 65.8. The second-order valence-electron chi connectivity index (χ2n) is 14.0. The molecule has 4 nitrogen and oxygen atoms in total. The van der Waals surface area contributed by atoms with Gasteiger partial charge in [0.15, 0.2) is 17.5 Å². The molecule has 0 saturated carbocycles. The summed E-state index contributed by atoms with van der Waals surface area (Å²) in [6.45, 7) is 0. The van der Waals surface area contributed by atoms with Gasteiger partial charge in [0.25, 0.3) is 0 Å². The van der Waals surface area contributed by atoms with Crippen molar-refractivity contribution < 1.29 is 4.42 Å². The molecule has 0 fully saturated rings. The largest absolute Gasteiger partial charge is 0.456 e. The van der Waals surface area contributed by atoms with E-state index in [2.05, 4.69) is 127 Å². The minimum absolute atomic E-state index is 0.627. The maximum absolute atomic E-state index is 6.49. The lowest BCUT2D eigenvalue weighted by molar-refractivity contribution is 0.669. The zero-order valence-corrected chi connectivity index (χ0v) is 29.6. The van der Waals surface area contributed by atoms with Gasteiger partial charge in [0.05, 0.1) is 0 Å². The lowest BCUT2D eigenvalue weighted by Gasteiger charge is -2.12. The predicted molar refractivity (Wildman–Crippen MR) is 227 cm³/mol. The third kappa shape index (κ3) is 5.34. The Morgan fingerprint density at radius 2 is 0.655 bits per heavy atom. The number of nitrogens with zero attached hydrogens (tertiary/aromatic N) is 3. The van der Waals surface area contributed by atoms with Crippen molar-refractivity contribution in [2.24, 2.45) is 0 Å². The normalized spacial score (nSPS) is 11.6. The first-order valence-corrected chi connectivity index (χ1v) is 18.5. The lowest BCUT2D eigenvalue weighted by atomic mass is 9.92. The van der Waals surface area contributed by atoms with Gasteiger partial charge in [-0.1, -0.05) is 152 Å². The quantitative estimate of drug-likeness (QED) is 0.168. The van der Waals surface area contributed by atoms with Gasteiger partial charge in [-0.05, 0) is 91.0 Å². The monoisotopic (exact) mass is 701 g/mol. The van der Waals surface area contributed by atoms with E-state index in [1.807, 2.05) is 60.7 Å². The molecule has 2 heterocycles. The highest BCUT2D eigenvalue weighted by molar-refractivity contribution is 6.25. The Balaban J connectivity index is 0.979. The van der Waals surface area contributed by atoms with Gasteiger partial charge < -0.3 is 4.42 Å². The number of aromatic nitrogens is 3. The minimum Gasteiger partial charge on any atom is -0.456 e. The molecule has 4 heteroatoms. The fraction of sp³-hybridized carbons (Fsp3) is 0. The predicted octanol–water partition coefficient (Wildman–Crippen LogP) is 13.6. The van der Waals surface area contributed by atoms with E-state index in [1.165, 1.54) is 37.9 Å². The van der Waals surface area contributed by atoms with E-state index in [1.54, 1.807) is 0 Å². The molecule has 0 radical (unpaired) electrons. The third-order valence-corrected chi connectivity index (χ3v) is 10.7. The fourth-order valence-electron chi connectivity index (χ4n) is 8.00. The summed E-state index contributed by atoms with van der Waals surface area (Å²) >= 11 is 0. The van der Waals surface area contributed by atoms with Crippen molar-refractivity contribution in [1.82, 2.24) is 15.0 Å².